The summed E-state index contributed by atoms with van der Waals surface area (Å²) in [7, 11) is 1.79. The molecule has 1 aliphatic carbocycles. The van der Waals surface area contributed by atoms with Crippen molar-refractivity contribution in [2.75, 3.05) is 6.54 Å². The highest BCUT2D eigenvalue weighted by Crippen LogP contribution is 2.33. The molecular formula is C16H20F3N3O. The first-order chi connectivity index (χ1) is 10.7. The van der Waals surface area contributed by atoms with Gasteiger partial charge in [-0.2, -0.15) is 13.2 Å². The van der Waals surface area contributed by atoms with Crippen LogP contribution in [0.1, 0.15) is 43.6 Å². The van der Waals surface area contributed by atoms with Crippen LogP contribution in [0.4, 0.5) is 13.2 Å². The van der Waals surface area contributed by atoms with E-state index in [-0.39, 0.29) is 6.04 Å². The molecule has 1 aromatic carbocycles. The molecule has 1 fully saturated rings. The van der Waals surface area contributed by atoms with E-state index in [1.165, 1.54) is 6.07 Å². The van der Waals surface area contributed by atoms with Gasteiger partial charge in [0.1, 0.15) is 5.82 Å². The second kappa shape index (κ2) is 5.49. The number of fused-ring (bicyclic) bond motifs is 1. The van der Waals surface area contributed by atoms with Gasteiger partial charge >= 0.3 is 6.18 Å². The largest absolute Gasteiger partial charge is 0.416 e. The quantitative estimate of drug-likeness (QED) is 0.907. The highest BCUT2D eigenvalue weighted by molar-refractivity contribution is 5.77. The molecule has 126 valence electrons. The number of hydrogen-bond donors (Lipinski definition) is 2. The summed E-state index contributed by atoms with van der Waals surface area (Å²) >= 11 is 0. The minimum absolute atomic E-state index is 0.161. The maximum Gasteiger partial charge on any atom is 0.416 e. The SMILES string of the molecule is CC(NCC1(O)CCC1)c1nc2cc(C(F)(F)F)ccc2n1C. The molecule has 0 spiro atoms. The molecule has 1 saturated carbocycles. The lowest BCUT2D eigenvalue weighted by Crippen LogP contribution is -2.46. The average Bonchev–Trinajstić information content (AvgIpc) is 2.78. The molecule has 1 aromatic heterocycles. The monoisotopic (exact) mass is 327 g/mol. The van der Waals surface area contributed by atoms with Gasteiger partial charge in [0.25, 0.3) is 0 Å². The fourth-order valence-electron chi connectivity index (χ4n) is 2.98. The molecule has 23 heavy (non-hydrogen) atoms. The zero-order valence-corrected chi connectivity index (χ0v) is 13.1. The Bertz CT molecular complexity index is 719. The van der Waals surface area contributed by atoms with Crippen LogP contribution in [-0.2, 0) is 13.2 Å². The lowest BCUT2D eigenvalue weighted by Gasteiger charge is -2.37. The van der Waals surface area contributed by atoms with E-state index in [9.17, 15) is 18.3 Å². The maximum atomic E-state index is 12.8. The van der Waals surface area contributed by atoms with Crippen molar-refractivity contribution >= 4 is 11.0 Å². The third-order valence-corrected chi connectivity index (χ3v) is 4.65. The molecule has 3 rings (SSSR count). The molecule has 1 atom stereocenters. The fourth-order valence-corrected chi connectivity index (χ4v) is 2.98. The lowest BCUT2D eigenvalue weighted by molar-refractivity contribution is -0.137. The standard InChI is InChI=1S/C16H20F3N3O/c1-10(20-9-15(23)6-3-7-15)14-21-12-8-11(16(17,18)19)4-5-13(12)22(14)2/h4-5,8,10,20,23H,3,6-7,9H2,1-2H3. The molecule has 0 amide bonds. The van der Waals surface area contributed by atoms with Gasteiger partial charge in [-0.05, 0) is 44.4 Å². The number of nitrogens with one attached hydrogen (secondary N) is 1. The minimum atomic E-state index is -4.37. The molecule has 0 radical (unpaired) electrons. The van der Waals surface area contributed by atoms with Gasteiger partial charge in [0.05, 0.1) is 28.2 Å². The summed E-state index contributed by atoms with van der Waals surface area (Å²) in [6.45, 7) is 2.36. The van der Waals surface area contributed by atoms with Crippen molar-refractivity contribution in [2.45, 2.75) is 44.0 Å². The smallest absolute Gasteiger partial charge is 0.389 e. The Kier molecular flexibility index (Phi) is 3.88. The Balaban J connectivity index is 1.84. The molecule has 7 heteroatoms. The maximum absolute atomic E-state index is 12.8. The highest BCUT2D eigenvalue weighted by atomic mass is 19.4. The van der Waals surface area contributed by atoms with Crippen molar-refractivity contribution in [1.29, 1.82) is 0 Å². The fraction of sp³-hybridized carbons (Fsp3) is 0.562. The summed E-state index contributed by atoms with van der Waals surface area (Å²) in [5.41, 5.74) is -0.362. The number of hydrogen-bond acceptors (Lipinski definition) is 3. The Morgan fingerprint density at radius 2 is 2.09 bits per heavy atom. The number of aliphatic hydroxyl groups is 1. The number of aryl methyl sites for hydroxylation is 1. The van der Waals surface area contributed by atoms with E-state index in [1.807, 2.05) is 6.92 Å². The van der Waals surface area contributed by atoms with Crippen molar-refractivity contribution in [2.24, 2.45) is 7.05 Å². The second-order valence-electron chi connectivity index (χ2n) is 6.41. The van der Waals surface area contributed by atoms with Crippen LogP contribution in [0.25, 0.3) is 11.0 Å². The number of nitrogens with zero attached hydrogens (tertiary/aromatic N) is 2. The van der Waals surface area contributed by atoms with E-state index in [2.05, 4.69) is 10.3 Å². The highest BCUT2D eigenvalue weighted by Gasteiger charge is 2.35. The predicted octanol–water partition coefficient (Wildman–Crippen LogP) is 3.16. The van der Waals surface area contributed by atoms with Crippen molar-refractivity contribution in [1.82, 2.24) is 14.9 Å². The van der Waals surface area contributed by atoms with Crippen LogP contribution in [0.2, 0.25) is 0 Å². The van der Waals surface area contributed by atoms with Crippen LogP contribution in [0, 0.1) is 0 Å². The Morgan fingerprint density at radius 1 is 1.39 bits per heavy atom. The summed E-state index contributed by atoms with van der Waals surface area (Å²) in [6.07, 6.45) is -1.78. The summed E-state index contributed by atoms with van der Waals surface area (Å²) in [4.78, 5) is 4.35. The molecular weight excluding hydrogens is 307 g/mol. The molecule has 1 aliphatic rings. The number of halogens is 3. The van der Waals surface area contributed by atoms with Crippen LogP contribution in [0.15, 0.2) is 18.2 Å². The van der Waals surface area contributed by atoms with Gasteiger partial charge in [0.2, 0.25) is 0 Å². The topological polar surface area (TPSA) is 50.1 Å². The summed E-state index contributed by atoms with van der Waals surface area (Å²) in [5.74, 6) is 0.655. The number of aromatic nitrogens is 2. The average molecular weight is 327 g/mol. The zero-order valence-electron chi connectivity index (χ0n) is 13.1. The molecule has 0 aliphatic heterocycles. The van der Waals surface area contributed by atoms with E-state index < -0.39 is 17.3 Å². The van der Waals surface area contributed by atoms with E-state index >= 15 is 0 Å². The third-order valence-electron chi connectivity index (χ3n) is 4.65. The predicted molar refractivity (Wildman–Crippen MR) is 80.9 cm³/mol. The molecule has 2 aromatic rings. The number of benzene rings is 1. The van der Waals surface area contributed by atoms with Gasteiger partial charge in [0, 0.05) is 13.6 Å². The molecule has 1 heterocycles. The van der Waals surface area contributed by atoms with Crippen molar-refractivity contribution in [3.05, 3.63) is 29.6 Å². The van der Waals surface area contributed by atoms with Gasteiger partial charge in [-0.15, -0.1) is 0 Å². The van der Waals surface area contributed by atoms with Crippen molar-refractivity contribution in [3.63, 3.8) is 0 Å². The van der Waals surface area contributed by atoms with Crippen molar-refractivity contribution < 1.29 is 18.3 Å². The van der Waals surface area contributed by atoms with Gasteiger partial charge in [-0.1, -0.05) is 0 Å². The molecule has 0 saturated heterocycles. The van der Waals surface area contributed by atoms with Gasteiger partial charge in [-0.3, -0.25) is 0 Å². The Hall–Kier alpha value is -1.60. The van der Waals surface area contributed by atoms with Crippen molar-refractivity contribution in [3.8, 4) is 0 Å². The summed E-state index contributed by atoms with van der Waals surface area (Å²) < 4.78 is 40.2. The number of alkyl halides is 3. The minimum Gasteiger partial charge on any atom is -0.389 e. The first-order valence-corrected chi connectivity index (χ1v) is 7.69. The molecule has 4 nitrogen and oxygen atoms in total. The van der Waals surface area contributed by atoms with Gasteiger partial charge < -0.3 is 15.0 Å². The summed E-state index contributed by atoms with van der Waals surface area (Å²) in [5, 5.41) is 13.4. The van der Waals surface area contributed by atoms with Crippen LogP contribution in [0.3, 0.4) is 0 Å². The van der Waals surface area contributed by atoms with E-state index in [0.29, 0.717) is 23.4 Å². The third kappa shape index (κ3) is 3.07. The van der Waals surface area contributed by atoms with Crippen LogP contribution in [-0.4, -0.2) is 26.8 Å². The van der Waals surface area contributed by atoms with Crippen LogP contribution >= 0.6 is 0 Å². The van der Waals surface area contributed by atoms with Crippen LogP contribution in [0.5, 0.6) is 0 Å². The molecule has 0 bridgehead atoms. The van der Waals surface area contributed by atoms with E-state index in [4.69, 9.17) is 0 Å². The first-order valence-electron chi connectivity index (χ1n) is 7.69. The Labute approximate surface area is 132 Å². The Morgan fingerprint density at radius 3 is 2.65 bits per heavy atom. The first kappa shape index (κ1) is 16.3. The lowest BCUT2D eigenvalue weighted by atomic mass is 9.80. The molecule has 2 N–H and O–H groups in total. The second-order valence-corrected chi connectivity index (χ2v) is 6.41. The number of rotatable bonds is 4. The zero-order chi connectivity index (χ0) is 16.8. The summed E-state index contributed by atoms with van der Waals surface area (Å²) in [6, 6.07) is 3.43. The molecule has 1 unspecified atom stereocenters. The van der Waals surface area contributed by atoms with E-state index in [0.717, 1.165) is 31.4 Å². The van der Waals surface area contributed by atoms with Gasteiger partial charge in [0.15, 0.2) is 0 Å². The van der Waals surface area contributed by atoms with Crippen LogP contribution < -0.4 is 5.32 Å². The van der Waals surface area contributed by atoms with E-state index in [1.54, 1.807) is 11.6 Å². The van der Waals surface area contributed by atoms with Gasteiger partial charge in [-0.25, -0.2) is 4.98 Å². The number of imidazole rings is 1. The normalized spacial score (nSPS) is 18.9.